The van der Waals surface area contributed by atoms with E-state index in [2.05, 4.69) is 0 Å². The summed E-state index contributed by atoms with van der Waals surface area (Å²) in [6.45, 7) is 0. The monoisotopic (exact) mass is 193 g/mol. The summed E-state index contributed by atoms with van der Waals surface area (Å²) in [5.41, 5.74) is 0. The summed E-state index contributed by atoms with van der Waals surface area (Å²) in [7, 11) is 0. The summed E-state index contributed by atoms with van der Waals surface area (Å²) in [6, 6.07) is 0. The zero-order valence-corrected chi connectivity index (χ0v) is 8.78. The van der Waals surface area contributed by atoms with Crippen molar-refractivity contribution >= 4 is 0 Å². The second-order valence-electron chi connectivity index (χ2n) is 0. The minimum absolute atomic E-state index is 0. The van der Waals surface area contributed by atoms with Gasteiger partial charge in [0.25, 0.3) is 0 Å². The first kappa shape index (κ1) is 95.2. The van der Waals surface area contributed by atoms with Crippen LogP contribution in [-0.4, -0.2) is 0 Å². The van der Waals surface area contributed by atoms with Gasteiger partial charge in [0.05, 0.1) is 0 Å². The standard InChI is InChI=1S/3ClH.Li.H3N.Zn/h3*1H;;1H3;/q;;;+1;;+2/p-3. The van der Waals surface area contributed by atoms with Gasteiger partial charge in [-0.25, -0.2) is 0 Å². The third-order valence-electron chi connectivity index (χ3n) is 0. The van der Waals surface area contributed by atoms with Crippen LogP contribution in [-0.2, 0) is 19.5 Å². The van der Waals surface area contributed by atoms with Crippen molar-refractivity contribution in [2.24, 2.45) is 0 Å². The zero-order chi connectivity index (χ0) is 0. The molecule has 0 radical (unpaired) electrons. The third-order valence-corrected chi connectivity index (χ3v) is 0. The van der Waals surface area contributed by atoms with E-state index < -0.39 is 0 Å². The van der Waals surface area contributed by atoms with E-state index in [1.54, 1.807) is 0 Å². The summed E-state index contributed by atoms with van der Waals surface area (Å²) < 4.78 is 0. The van der Waals surface area contributed by atoms with Gasteiger partial charge in [-0.2, -0.15) is 0 Å². The van der Waals surface area contributed by atoms with Gasteiger partial charge in [0.1, 0.15) is 0 Å². The maximum absolute atomic E-state index is 0. The van der Waals surface area contributed by atoms with Gasteiger partial charge >= 0.3 is 38.3 Å². The Morgan fingerprint density at radius 2 is 0.667 bits per heavy atom. The van der Waals surface area contributed by atoms with E-state index in [1.165, 1.54) is 0 Å². The first-order chi connectivity index (χ1) is 0. The molecular formula is H3Cl3LiNZn. The summed E-state index contributed by atoms with van der Waals surface area (Å²) in [5.74, 6) is 0. The molecule has 32 valence electrons. The fraction of sp³-hybridized carbons (Fsp3) is 0. The molecule has 0 aromatic carbocycles. The van der Waals surface area contributed by atoms with Crippen LogP contribution >= 0.6 is 0 Å². The van der Waals surface area contributed by atoms with Gasteiger partial charge < -0.3 is 43.4 Å². The molecule has 3 N–H and O–H groups in total. The molecule has 0 amide bonds. The summed E-state index contributed by atoms with van der Waals surface area (Å²) in [6.07, 6.45) is 0. The fourth-order valence-electron chi connectivity index (χ4n) is 0. The van der Waals surface area contributed by atoms with E-state index >= 15 is 0 Å². The van der Waals surface area contributed by atoms with Crippen LogP contribution in [0.4, 0.5) is 0 Å². The van der Waals surface area contributed by atoms with Crippen LogP contribution in [0.5, 0.6) is 0 Å². The van der Waals surface area contributed by atoms with Gasteiger partial charge in [-0.3, -0.25) is 0 Å². The molecule has 6 heteroatoms. The van der Waals surface area contributed by atoms with Crippen molar-refractivity contribution in [3.63, 3.8) is 0 Å². The van der Waals surface area contributed by atoms with Crippen molar-refractivity contribution in [2.75, 3.05) is 0 Å². The molecule has 0 unspecified atom stereocenters. The molecule has 0 heterocycles. The van der Waals surface area contributed by atoms with Gasteiger partial charge in [-0.15, -0.1) is 0 Å². The molecule has 0 saturated carbocycles. The van der Waals surface area contributed by atoms with E-state index in [1.807, 2.05) is 0 Å². The van der Waals surface area contributed by atoms with Gasteiger partial charge in [0.2, 0.25) is 0 Å². The minimum Gasteiger partial charge on any atom is -1.00 e. The van der Waals surface area contributed by atoms with E-state index in [9.17, 15) is 0 Å². The zero-order valence-electron chi connectivity index (χ0n) is 3.55. The predicted molar refractivity (Wildman–Crippen MR) is 5.02 cm³/mol. The van der Waals surface area contributed by atoms with E-state index in [-0.39, 0.29) is 81.7 Å². The molecule has 0 saturated heterocycles. The van der Waals surface area contributed by atoms with Crippen molar-refractivity contribution in [1.82, 2.24) is 6.15 Å². The molecule has 0 aliphatic heterocycles. The first-order valence-electron chi connectivity index (χ1n) is 0. The molecule has 6 heavy (non-hydrogen) atoms. The Balaban J connectivity index is 0. The molecule has 0 atom stereocenters. The molecule has 0 rings (SSSR count). The molecule has 0 aromatic rings. The normalized spacial score (nSPS) is 0. The predicted octanol–water partition coefficient (Wildman–Crippen LogP) is -11.8. The van der Waals surface area contributed by atoms with Crippen LogP contribution in [0.25, 0.3) is 0 Å². The summed E-state index contributed by atoms with van der Waals surface area (Å²) >= 11 is 0. The van der Waals surface area contributed by atoms with Crippen molar-refractivity contribution in [3.05, 3.63) is 0 Å². The summed E-state index contributed by atoms with van der Waals surface area (Å²) in [5, 5.41) is 0. The SMILES string of the molecule is N.[Cl-].[Cl-].[Cl-].[Li+].[Zn+2]. The van der Waals surface area contributed by atoms with Crippen molar-refractivity contribution in [1.29, 1.82) is 0 Å². The van der Waals surface area contributed by atoms with E-state index in [0.717, 1.165) is 0 Å². The Morgan fingerprint density at radius 3 is 0.667 bits per heavy atom. The molecule has 0 bridgehead atoms. The second kappa shape index (κ2) is 61.4. The number of hydrogen-bond donors (Lipinski definition) is 1. The molecular weight excluding hydrogens is 193 g/mol. The number of halogens is 3. The number of hydrogen-bond acceptors (Lipinski definition) is 1. The topological polar surface area (TPSA) is 35.0 Å². The molecule has 0 fully saturated rings. The largest absolute Gasteiger partial charge is 2.00 e. The summed E-state index contributed by atoms with van der Waals surface area (Å²) in [4.78, 5) is 0. The van der Waals surface area contributed by atoms with Gasteiger partial charge in [-0.05, 0) is 0 Å². The van der Waals surface area contributed by atoms with Gasteiger partial charge in [0.15, 0.2) is 0 Å². The Labute approximate surface area is 81.1 Å². The molecule has 0 aromatic heterocycles. The van der Waals surface area contributed by atoms with Crippen molar-refractivity contribution < 1.29 is 75.6 Å². The average molecular weight is 196 g/mol. The van der Waals surface area contributed by atoms with Crippen LogP contribution in [0.2, 0.25) is 0 Å². The van der Waals surface area contributed by atoms with Gasteiger partial charge in [-0.1, -0.05) is 0 Å². The number of rotatable bonds is 0. The van der Waals surface area contributed by atoms with Gasteiger partial charge in [0, 0.05) is 0 Å². The smallest absolute Gasteiger partial charge is 1.00 e. The Kier molecular flexibility index (Phi) is 974. The van der Waals surface area contributed by atoms with E-state index in [0.29, 0.717) is 0 Å². The molecule has 1 nitrogen and oxygen atoms in total. The van der Waals surface area contributed by atoms with Crippen LogP contribution in [0.1, 0.15) is 0 Å². The molecule has 0 aliphatic rings. The Bertz CT molecular complexity index is 10.8. The fourth-order valence-corrected chi connectivity index (χ4v) is 0. The second-order valence-corrected chi connectivity index (χ2v) is 0. The van der Waals surface area contributed by atoms with E-state index in [4.69, 9.17) is 0 Å². The quantitative estimate of drug-likeness (QED) is 0.383. The average Bonchev–Trinajstić information content (AvgIpc) is 0. The van der Waals surface area contributed by atoms with Crippen LogP contribution in [0, 0.1) is 0 Å². The van der Waals surface area contributed by atoms with Crippen LogP contribution < -0.4 is 62.2 Å². The first-order valence-corrected chi connectivity index (χ1v) is 0. The minimum atomic E-state index is 0. The van der Waals surface area contributed by atoms with Crippen LogP contribution in [0.3, 0.4) is 0 Å². The third kappa shape index (κ3) is 36.7. The maximum Gasteiger partial charge on any atom is 2.00 e. The Morgan fingerprint density at radius 1 is 0.667 bits per heavy atom. The van der Waals surface area contributed by atoms with Crippen molar-refractivity contribution in [3.8, 4) is 0 Å². The maximum atomic E-state index is 0. The van der Waals surface area contributed by atoms with Crippen LogP contribution in [0.15, 0.2) is 0 Å². The molecule has 0 spiro atoms. The van der Waals surface area contributed by atoms with Crippen molar-refractivity contribution in [2.45, 2.75) is 0 Å². The molecule has 0 aliphatic carbocycles. The Hall–Kier alpha value is 2.05.